The van der Waals surface area contributed by atoms with Crippen molar-refractivity contribution in [2.75, 3.05) is 96.6 Å². The Bertz CT molecular complexity index is 537. The molecule has 1 aliphatic rings. The Morgan fingerprint density at radius 2 is 1.25 bits per heavy atom. The summed E-state index contributed by atoms with van der Waals surface area (Å²) in [5.74, 6) is 0. The molecule has 1 aromatic carbocycles. The fourth-order valence-corrected chi connectivity index (χ4v) is 3.17. The zero-order valence-corrected chi connectivity index (χ0v) is 18.0. The van der Waals surface area contributed by atoms with Gasteiger partial charge in [0.05, 0.1) is 26.3 Å². The Morgan fingerprint density at radius 1 is 0.821 bits per heavy atom. The van der Waals surface area contributed by atoms with E-state index in [4.69, 9.17) is 23.7 Å². The van der Waals surface area contributed by atoms with Crippen LogP contribution in [0.25, 0.3) is 0 Å². The highest BCUT2D eigenvalue weighted by Gasteiger charge is 2.18. The second-order valence-corrected chi connectivity index (χ2v) is 6.87. The van der Waals surface area contributed by atoms with Crippen LogP contribution in [0.1, 0.15) is 0 Å². The standard InChI is InChI=1S/C20H35N3O5/c1-21(14-19(24-3)25-4)16-11-17(22(2)15-20(26-5)27-6)13-18(12-16)23-7-9-28-10-8-23/h11-13,19-20H,7-10,14-15H2,1-6H3. The van der Waals surface area contributed by atoms with Crippen LogP contribution in [0.4, 0.5) is 17.1 Å². The lowest BCUT2D eigenvalue weighted by Crippen LogP contribution is -2.37. The zero-order valence-electron chi connectivity index (χ0n) is 18.0. The zero-order chi connectivity index (χ0) is 20.5. The molecule has 0 bridgehead atoms. The Labute approximate surface area is 168 Å². The van der Waals surface area contributed by atoms with Gasteiger partial charge in [0.1, 0.15) is 0 Å². The molecular weight excluding hydrogens is 362 g/mol. The molecule has 160 valence electrons. The summed E-state index contributed by atoms with van der Waals surface area (Å²) < 4.78 is 27.0. The summed E-state index contributed by atoms with van der Waals surface area (Å²) >= 11 is 0. The van der Waals surface area contributed by atoms with E-state index < -0.39 is 0 Å². The van der Waals surface area contributed by atoms with Gasteiger partial charge in [0.15, 0.2) is 12.6 Å². The van der Waals surface area contributed by atoms with Gasteiger partial charge in [0.2, 0.25) is 0 Å². The molecule has 0 saturated carbocycles. The highest BCUT2D eigenvalue weighted by Crippen LogP contribution is 2.30. The Hall–Kier alpha value is -1.58. The lowest BCUT2D eigenvalue weighted by atomic mass is 10.2. The lowest BCUT2D eigenvalue weighted by Gasteiger charge is -2.33. The summed E-state index contributed by atoms with van der Waals surface area (Å²) in [5.41, 5.74) is 3.36. The van der Waals surface area contributed by atoms with Gasteiger partial charge in [-0.15, -0.1) is 0 Å². The molecule has 1 aliphatic heterocycles. The third kappa shape index (κ3) is 6.22. The van der Waals surface area contributed by atoms with Crippen LogP contribution >= 0.6 is 0 Å². The fourth-order valence-electron chi connectivity index (χ4n) is 3.17. The molecule has 0 N–H and O–H groups in total. The van der Waals surface area contributed by atoms with Crippen LogP contribution in [-0.2, 0) is 23.7 Å². The molecule has 8 nitrogen and oxygen atoms in total. The van der Waals surface area contributed by atoms with Gasteiger partial charge in [0, 0.05) is 72.7 Å². The monoisotopic (exact) mass is 397 g/mol. The molecule has 1 saturated heterocycles. The SMILES string of the molecule is COC(CN(C)c1cc(N(C)CC(OC)OC)cc(N2CCOCC2)c1)OC. The quantitative estimate of drug-likeness (QED) is 0.523. The van der Waals surface area contributed by atoms with E-state index in [9.17, 15) is 0 Å². The van der Waals surface area contributed by atoms with Gasteiger partial charge < -0.3 is 38.4 Å². The maximum Gasteiger partial charge on any atom is 0.174 e. The van der Waals surface area contributed by atoms with E-state index in [1.54, 1.807) is 28.4 Å². The first kappa shape index (κ1) is 22.7. The van der Waals surface area contributed by atoms with Crippen LogP contribution in [0.3, 0.4) is 0 Å². The summed E-state index contributed by atoms with van der Waals surface area (Å²) in [6.07, 6.45) is -0.575. The van der Waals surface area contributed by atoms with E-state index in [1.165, 1.54) is 5.69 Å². The third-order valence-electron chi connectivity index (χ3n) is 5.04. The molecule has 8 heteroatoms. The highest BCUT2D eigenvalue weighted by molar-refractivity contribution is 5.69. The topological polar surface area (TPSA) is 55.9 Å². The fraction of sp³-hybridized carbons (Fsp3) is 0.700. The van der Waals surface area contributed by atoms with Crippen molar-refractivity contribution in [3.05, 3.63) is 18.2 Å². The first-order valence-corrected chi connectivity index (χ1v) is 9.53. The van der Waals surface area contributed by atoms with Gasteiger partial charge in [-0.1, -0.05) is 0 Å². The van der Waals surface area contributed by atoms with Crippen LogP contribution in [0.5, 0.6) is 0 Å². The average molecular weight is 398 g/mol. The van der Waals surface area contributed by atoms with E-state index in [-0.39, 0.29) is 12.6 Å². The van der Waals surface area contributed by atoms with Crippen molar-refractivity contribution < 1.29 is 23.7 Å². The van der Waals surface area contributed by atoms with Gasteiger partial charge in [-0.25, -0.2) is 0 Å². The minimum atomic E-state index is -0.287. The number of morpholine rings is 1. The number of ether oxygens (including phenoxy) is 5. The van der Waals surface area contributed by atoms with Crippen molar-refractivity contribution >= 4 is 17.1 Å². The number of rotatable bonds is 11. The number of likely N-dealkylation sites (N-methyl/N-ethyl adjacent to an activating group) is 2. The highest BCUT2D eigenvalue weighted by atomic mass is 16.7. The minimum Gasteiger partial charge on any atom is -0.378 e. The van der Waals surface area contributed by atoms with E-state index in [2.05, 4.69) is 32.9 Å². The predicted molar refractivity (Wildman–Crippen MR) is 112 cm³/mol. The Kier molecular flexibility index (Phi) is 9.27. The van der Waals surface area contributed by atoms with Crippen molar-refractivity contribution in [3.8, 4) is 0 Å². The van der Waals surface area contributed by atoms with Crippen LogP contribution in [0, 0.1) is 0 Å². The maximum atomic E-state index is 5.51. The largest absolute Gasteiger partial charge is 0.378 e. The Morgan fingerprint density at radius 3 is 1.64 bits per heavy atom. The van der Waals surface area contributed by atoms with Crippen LogP contribution < -0.4 is 14.7 Å². The van der Waals surface area contributed by atoms with Crippen molar-refractivity contribution in [2.24, 2.45) is 0 Å². The van der Waals surface area contributed by atoms with Crippen molar-refractivity contribution in [2.45, 2.75) is 12.6 Å². The van der Waals surface area contributed by atoms with E-state index in [1.807, 2.05) is 14.1 Å². The van der Waals surface area contributed by atoms with Gasteiger partial charge in [0.25, 0.3) is 0 Å². The lowest BCUT2D eigenvalue weighted by molar-refractivity contribution is -0.0944. The molecule has 0 spiro atoms. The minimum absolute atomic E-state index is 0.287. The Balaban J connectivity index is 2.29. The summed E-state index contributed by atoms with van der Waals surface area (Å²) in [6, 6.07) is 6.57. The van der Waals surface area contributed by atoms with E-state index in [0.29, 0.717) is 13.1 Å². The molecular formula is C20H35N3O5. The molecule has 0 aromatic heterocycles. The third-order valence-corrected chi connectivity index (χ3v) is 5.04. The summed E-state index contributed by atoms with van der Waals surface area (Å²) in [5, 5.41) is 0. The summed E-state index contributed by atoms with van der Waals surface area (Å²) in [4.78, 5) is 6.64. The maximum absolute atomic E-state index is 5.51. The number of methoxy groups -OCH3 is 4. The van der Waals surface area contributed by atoms with Crippen LogP contribution in [0.15, 0.2) is 18.2 Å². The van der Waals surface area contributed by atoms with Gasteiger partial charge in [-0.05, 0) is 18.2 Å². The molecule has 0 aliphatic carbocycles. The number of benzene rings is 1. The van der Waals surface area contributed by atoms with Crippen molar-refractivity contribution in [3.63, 3.8) is 0 Å². The smallest absolute Gasteiger partial charge is 0.174 e. The van der Waals surface area contributed by atoms with Crippen molar-refractivity contribution in [1.29, 1.82) is 0 Å². The molecule has 2 rings (SSSR count). The van der Waals surface area contributed by atoms with Gasteiger partial charge >= 0.3 is 0 Å². The number of anilines is 3. The summed E-state index contributed by atoms with van der Waals surface area (Å²) in [7, 11) is 10.7. The number of nitrogens with zero attached hydrogens (tertiary/aromatic N) is 3. The first-order chi connectivity index (χ1) is 13.5. The second kappa shape index (κ2) is 11.4. The molecule has 1 fully saturated rings. The van der Waals surface area contributed by atoms with Crippen LogP contribution in [-0.4, -0.2) is 94.5 Å². The molecule has 0 amide bonds. The summed E-state index contributed by atoms with van der Waals surface area (Å²) in [6.45, 7) is 4.51. The number of hydrogen-bond donors (Lipinski definition) is 0. The van der Waals surface area contributed by atoms with Gasteiger partial charge in [-0.2, -0.15) is 0 Å². The molecule has 0 radical (unpaired) electrons. The average Bonchev–Trinajstić information content (AvgIpc) is 2.75. The molecule has 28 heavy (non-hydrogen) atoms. The van der Waals surface area contributed by atoms with Crippen LogP contribution in [0.2, 0.25) is 0 Å². The number of hydrogen-bond acceptors (Lipinski definition) is 8. The molecule has 1 aromatic rings. The van der Waals surface area contributed by atoms with Gasteiger partial charge in [-0.3, -0.25) is 0 Å². The second-order valence-electron chi connectivity index (χ2n) is 6.87. The molecule has 1 heterocycles. The first-order valence-electron chi connectivity index (χ1n) is 9.53. The van der Waals surface area contributed by atoms with E-state index >= 15 is 0 Å². The molecule has 0 unspecified atom stereocenters. The predicted octanol–water partition coefficient (Wildman–Crippen LogP) is 1.63. The van der Waals surface area contributed by atoms with E-state index in [0.717, 1.165) is 37.7 Å². The van der Waals surface area contributed by atoms with Crippen molar-refractivity contribution in [1.82, 2.24) is 0 Å². The molecule has 0 atom stereocenters. The normalized spacial score (nSPS) is 14.8.